The number of hydrogen-bond donors (Lipinski definition) is 1. The average Bonchev–Trinajstić information content (AvgIpc) is 2.71. The molecule has 1 aliphatic rings. The highest BCUT2D eigenvalue weighted by Crippen LogP contribution is 2.30. The maximum absolute atomic E-state index is 12.4. The van der Waals surface area contributed by atoms with Gasteiger partial charge < -0.3 is 9.30 Å². The van der Waals surface area contributed by atoms with Crippen LogP contribution in [0.15, 0.2) is 36.5 Å². The molecule has 1 aliphatic heterocycles. The Balaban J connectivity index is 2.21. The molecule has 3 rings (SSSR count). The van der Waals surface area contributed by atoms with Gasteiger partial charge >= 0.3 is 0 Å². The van der Waals surface area contributed by atoms with E-state index in [2.05, 4.69) is 0 Å². The van der Waals surface area contributed by atoms with Crippen molar-refractivity contribution in [3.05, 3.63) is 42.2 Å². The quantitative estimate of drug-likeness (QED) is 0.745. The van der Waals surface area contributed by atoms with E-state index >= 15 is 0 Å². The predicted octanol–water partition coefficient (Wildman–Crippen LogP) is 2.71. The summed E-state index contributed by atoms with van der Waals surface area (Å²) in [5.41, 5.74) is 4.14. The fourth-order valence-electron chi connectivity index (χ4n) is 2.01. The van der Waals surface area contributed by atoms with Crippen molar-refractivity contribution in [2.24, 2.45) is 0 Å². The molecule has 1 N–H and O–H groups in total. The summed E-state index contributed by atoms with van der Waals surface area (Å²) in [6.07, 6.45) is 2.82. The Bertz CT molecular complexity index is 521. The molecule has 0 unspecified atom stereocenters. The van der Waals surface area contributed by atoms with Gasteiger partial charge in [-0.05, 0) is 30.3 Å². The van der Waals surface area contributed by atoms with Gasteiger partial charge in [0.2, 0.25) is 0 Å². The fraction of sp³-hybridized carbons (Fsp3) is 0.167. The van der Waals surface area contributed by atoms with E-state index in [0.717, 1.165) is 17.9 Å². The molecule has 1 aromatic carbocycles. The molecule has 0 aliphatic carbocycles. The van der Waals surface area contributed by atoms with Crippen LogP contribution in [0, 0.1) is 0 Å². The van der Waals surface area contributed by atoms with Gasteiger partial charge in [-0.1, -0.05) is 0 Å². The molecule has 0 fully saturated rings. The Morgan fingerprint density at radius 3 is 3.12 bits per heavy atom. The van der Waals surface area contributed by atoms with Gasteiger partial charge in [-0.25, -0.2) is 5.54 Å². The average molecular weight is 218 g/mol. The Morgan fingerprint density at radius 2 is 2.25 bits per heavy atom. The van der Waals surface area contributed by atoms with Crippen molar-refractivity contribution in [1.82, 2.24) is 4.57 Å². The summed E-state index contributed by atoms with van der Waals surface area (Å²) >= 11 is 0. The van der Waals surface area contributed by atoms with E-state index < -0.39 is 0 Å². The first kappa shape index (κ1) is 9.27. The minimum absolute atomic E-state index is 0.434. The maximum Gasteiger partial charge on any atom is 0.143 e. The molecule has 1 aromatic heterocycles. The lowest BCUT2D eigenvalue weighted by Crippen LogP contribution is -1.98. The molecule has 4 heteroatoms. The van der Waals surface area contributed by atoms with Crippen LogP contribution in [0.5, 0.6) is 5.75 Å². The van der Waals surface area contributed by atoms with Gasteiger partial charge in [0, 0.05) is 18.3 Å². The summed E-state index contributed by atoms with van der Waals surface area (Å²) in [5.74, 6) is 0.786. The molecule has 82 valence electrons. The summed E-state index contributed by atoms with van der Waals surface area (Å²) in [5, 5.41) is 0. The number of benzene rings is 1. The van der Waals surface area contributed by atoms with Crippen molar-refractivity contribution in [2.45, 2.75) is 6.42 Å². The third-order valence-electron chi connectivity index (χ3n) is 2.78. The van der Waals surface area contributed by atoms with Crippen molar-refractivity contribution >= 4 is 5.69 Å². The van der Waals surface area contributed by atoms with E-state index in [-0.39, 0.29) is 0 Å². The molecule has 2 heterocycles. The second-order valence-corrected chi connectivity index (χ2v) is 3.74. The number of nitrogens with zero attached hydrogens (tertiary/aromatic N) is 1. The van der Waals surface area contributed by atoms with Crippen molar-refractivity contribution in [3.8, 4) is 11.4 Å². The van der Waals surface area contributed by atoms with Crippen molar-refractivity contribution in [3.63, 3.8) is 0 Å². The van der Waals surface area contributed by atoms with Gasteiger partial charge in [0.15, 0.2) is 0 Å². The van der Waals surface area contributed by atoms with Gasteiger partial charge in [-0.3, -0.25) is 0 Å². The highest BCUT2D eigenvalue weighted by molar-refractivity contribution is 5.58. The smallest absolute Gasteiger partial charge is 0.143 e. The van der Waals surface area contributed by atoms with E-state index in [1.54, 1.807) is 23.7 Å². The minimum Gasteiger partial charge on any atom is -0.491 e. The summed E-state index contributed by atoms with van der Waals surface area (Å²) in [6.45, 7) is 0.652. The Hall–Kier alpha value is -1.97. The minimum atomic E-state index is 0.434. The molecule has 0 saturated carbocycles. The third-order valence-corrected chi connectivity index (χ3v) is 2.78. The lowest BCUT2D eigenvalue weighted by molar-refractivity contribution is 0.326. The lowest BCUT2D eigenvalue weighted by Gasteiger charge is -2.10. The fourth-order valence-corrected chi connectivity index (χ4v) is 2.01. The van der Waals surface area contributed by atoms with Crippen molar-refractivity contribution in [2.75, 3.05) is 12.1 Å². The number of rotatable bonds is 1. The van der Waals surface area contributed by atoms with Crippen LogP contribution in [0.3, 0.4) is 0 Å². The zero-order chi connectivity index (χ0) is 11.0. The van der Waals surface area contributed by atoms with E-state index in [1.165, 1.54) is 5.69 Å². The van der Waals surface area contributed by atoms with Gasteiger partial charge in [0.25, 0.3) is 0 Å². The first-order chi connectivity index (χ1) is 7.88. The molecule has 0 amide bonds. The van der Waals surface area contributed by atoms with E-state index in [4.69, 9.17) is 4.74 Å². The molecular formula is C12H11FN2O. The molecule has 16 heavy (non-hydrogen) atoms. The van der Waals surface area contributed by atoms with Crippen LogP contribution in [0.25, 0.3) is 5.69 Å². The van der Waals surface area contributed by atoms with Gasteiger partial charge in [-0.15, -0.1) is 4.48 Å². The summed E-state index contributed by atoms with van der Waals surface area (Å²) in [7, 11) is 0. The standard InChI is InChI=1S/C12H11FN2O/c13-14-9-3-4-12-11(8-9)15-6-1-2-10(15)5-7-16-12/h1-4,6,8,14H,5,7H2. The molecule has 2 aromatic rings. The molecule has 0 spiro atoms. The van der Waals surface area contributed by atoms with Crippen LogP contribution < -0.4 is 10.3 Å². The van der Waals surface area contributed by atoms with E-state index in [1.807, 2.05) is 22.9 Å². The predicted molar refractivity (Wildman–Crippen MR) is 59.7 cm³/mol. The number of fused-ring (bicyclic) bond motifs is 3. The third kappa shape index (κ3) is 1.34. The zero-order valence-corrected chi connectivity index (χ0v) is 8.61. The molecular weight excluding hydrogens is 207 g/mol. The van der Waals surface area contributed by atoms with Crippen LogP contribution in [0.2, 0.25) is 0 Å². The Kier molecular flexibility index (Phi) is 2.06. The van der Waals surface area contributed by atoms with E-state index in [9.17, 15) is 4.48 Å². The SMILES string of the molecule is FNc1ccc2c(c1)-n1cccc1CCO2. The topological polar surface area (TPSA) is 26.2 Å². The van der Waals surface area contributed by atoms with Crippen LogP contribution in [0.1, 0.15) is 5.69 Å². The molecule has 3 nitrogen and oxygen atoms in total. The second kappa shape index (κ2) is 3.56. The van der Waals surface area contributed by atoms with Crippen molar-refractivity contribution < 1.29 is 9.22 Å². The number of anilines is 1. The normalized spacial score (nSPS) is 13.3. The number of aromatic nitrogens is 1. The highest BCUT2D eigenvalue weighted by atomic mass is 19.2. The van der Waals surface area contributed by atoms with Gasteiger partial charge in [0.05, 0.1) is 18.0 Å². The van der Waals surface area contributed by atoms with Gasteiger partial charge in [0.1, 0.15) is 5.75 Å². The monoisotopic (exact) mass is 218 g/mol. The number of ether oxygens (including phenoxy) is 1. The summed E-state index contributed by atoms with van der Waals surface area (Å²) in [4.78, 5) is 0. The van der Waals surface area contributed by atoms with Gasteiger partial charge in [-0.2, -0.15) is 0 Å². The summed E-state index contributed by atoms with van der Waals surface area (Å²) < 4.78 is 20.0. The highest BCUT2D eigenvalue weighted by Gasteiger charge is 2.14. The number of nitrogens with one attached hydrogen (secondary N) is 1. The molecule has 0 saturated heterocycles. The number of halogens is 1. The van der Waals surface area contributed by atoms with Crippen LogP contribution >= 0.6 is 0 Å². The van der Waals surface area contributed by atoms with Crippen LogP contribution in [0.4, 0.5) is 10.2 Å². The maximum atomic E-state index is 12.4. The van der Waals surface area contributed by atoms with Crippen LogP contribution in [-0.2, 0) is 6.42 Å². The molecule has 0 bridgehead atoms. The summed E-state index contributed by atoms with van der Waals surface area (Å²) in [6, 6.07) is 9.22. The largest absolute Gasteiger partial charge is 0.491 e. The number of hydrogen-bond acceptors (Lipinski definition) is 2. The van der Waals surface area contributed by atoms with E-state index in [0.29, 0.717) is 12.3 Å². The first-order valence-electron chi connectivity index (χ1n) is 5.18. The zero-order valence-electron chi connectivity index (χ0n) is 8.61. The first-order valence-corrected chi connectivity index (χ1v) is 5.18. The lowest BCUT2D eigenvalue weighted by atomic mass is 10.2. The Labute approximate surface area is 92.4 Å². The second-order valence-electron chi connectivity index (χ2n) is 3.74. The molecule has 0 radical (unpaired) electrons. The van der Waals surface area contributed by atoms with Crippen LogP contribution in [-0.4, -0.2) is 11.2 Å². The van der Waals surface area contributed by atoms with Crippen molar-refractivity contribution in [1.29, 1.82) is 0 Å². The Morgan fingerprint density at radius 1 is 1.31 bits per heavy atom. The molecule has 0 atom stereocenters.